The molecule has 0 amide bonds. The van der Waals surface area contributed by atoms with Crippen LogP contribution >= 0.6 is 0 Å². The number of aliphatic carboxylic acids is 1. The summed E-state index contributed by atoms with van der Waals surface area (Å²) in [5.74, 6) is -4.54. The number of rotatable bonds is 3. The number of ether oxygens (including phenoxy) is 1. The summed E-state index contributed by atoms with van der Waals surface area (Å²) in [6.45, 7) is 0. The topological polar surface area (TPSA) is 92.8 Å². The first-order valence-electron chi connectivity index (χ1n) is 4.37. The zero-order valence-corrected chi connectivity index (χ0v) is 8.53. The Hall–Kier alpha value is -2.03. The van der Waals surface area contributed by atoms with Crippen molar-refractivity contribution in [2.45, 2.75) is 12.5 Å². The molecule has 0 fully saturated rings. The first-order valence-corrected chi connectivity index (χ1v) is 4.37. The molecule has 1 rings (SSSR count). The van der Waals surface area contributed by atoms with Gasteiger partial charge >= 0.3 is 12.3 Å². The van der Waals surface area contributed by atoms with E-state index in [0.29, 0.717) is 12.1 Å². The Morgan fingerprint density at radius 2 is 1.94 bits per heavy atom. The van der Waals surface area contributed by atoms with Crippen LogP contribution in [0.5, 0.6) is 5.75 Å². The highest BCUT2D eigenvalue weighted by Gasteiger charge is 2.35. The van der Waals surface area contributed by atoms with Crippen molar-refractivity contribution in [3.63, 3.8) is 0 Å². The van der Waals surface area contributed by atoms with E-state index in [0.717, 1.165) is 0 Å². The fourth-order valence-corrected chi connectivity index (χ4v) is 1.21. The molecule has 0 saturated heterocycles. The van der Waals surface area contributed by atoms with Gasteiger partial charge in [0.15, 0.2) is 6.10 Å². The summed E-state index contributed by atoms with van der Waals surface area (Å²) in [6, 6.07) is 1.14. The lowest BCUT2D eigenvalue weighted by molar-refractivity contribution is -0.275. The minimum Gasteiger partial charge on any atom is -0.479 e. The Labute approximate surface area is 97.4 Å². The zero-order valence-electron chi connectivity index (χ0n) is 8.53. The lowest BCUT2D eigenvalue weighted by Crippen LogP contribution is -2.21. The van der Waals surface area contributed by atoms with Crippen LogP contribution in [0.4, 0.5) is 23.2 Å². The lowest BCUT2D eigenvalue weighted by atomic mass is 10.1. The van der Waals surface area contributed by atoms with E-state index in [-0.39, 0.29) is 0 Å². The summed E-state index contributed by atoms with van der Waals surface area (Å²) in [5, 5.41) is 17.6. The maximum atomic E-state index is 13.3. The van der Waals surface area contributed by atoms with Gasteiger partial charge in [-0.15, -0.1) is 13.2 Å². The maximum Gasteiger partial charge on any atom is 0.573 e. The third-order valence-corrected chi connectivity index (χ3v) is 1.85. The minimum absolute atomic E-state index is 0.409. The molecular weight excluding hydrogens is 262 g/mol. The average Bonchev–Trinajstić information content (AvgIpc) is 2.12. The van der Waals surface area contributed by atoms with Gasteiger partial charge in [-0.25, -0.2) is 9.18 Å². The summed E-state index contributed by atoms with van der Waals surface area (Å²) >= 11 is 0. The number of carbonyl (C=O) groups is 1. The van der Waals surface area contributed by atoms with E-state index in [1.165, 1.54) is 0 Å². The first-order chi connectivity index (χ1) is 8.11. The van der Waals surface area contributed by atoms with Crippen LogP contribution in [0.15, 0.2) is 12.1 Å². The third-order valence-electron chi connectivity index (χ3n) is 1.85. The SMILES string of the molecule is Nc1cc(F)c(C(O)C(=O)O)c(OC(F)(F)F)c1. The van der Waals surface area contributed by atoms with Crippen LogP contribution in [0, 0.1) is 5.82 Å². The van der Waals surface area contributed by atoms with Gasteiger partial charge in [-0.2, -0.15) is 0 Å². The van der Waals surface area contributed by atoms with Gasteiger partial charge in [0, 0.05) is 11.8 Å². The van der Waals surface area contributed by atoms with Crippen molar-refractivity contribution in [2.75, 3.05) is 5.73 Å². The molecule has 1 atom stereocenters. The summed E-state index contributed by atoms with van der Waals surface area (Å²) in [5.41, 5.74) is 3.55. The second-order valence-electron chi connectivity index (χ2n) is 3.20. The third kappa shape index (κ3) is 3.23. The molecule has 0 aliphatic heterocycles. The van der Waals surface area contributed by atoms with Crippen molar-refractivity contribution >= 4 is 11.7 Å². The monoisotopic (exact) mass is 269 g/mol. The number of benzene rings is 1. The highest BCUT2D eigenvalue weighted by molar-refractivity contribution is 5.75. The molecule has 18 heavy (non-hydrogen) atoms. The molecule has 0 heterocycles. The number of alkyl halides is 3. The summed E-state index contributed by atoms with van der Waals surface area (Å²) < 4.78 is 52.9. The molecule has 0 saturated carbocycles. The van der Waals surface area contributed by atoms with Gasteiger partial charge in [0.1, 0.15) is 11.6 Å². The molecule has 1 aromatic carbocycles. The standard InChI is InChI=1S/C9H7F4NO4/c10-4-1-3(14)2-5(18-9(11,12)13)6(4)7(15)8(16)17/h1-2,7,15H,14H2,(H,16,17). The Morgan fingerprint density at radius 3 is 2.39 bits per heavy atom. The van der Waals surface area contributed by atoms with Gasteiger partial charge in [0.25, 0.3) is 0 Å². The second-order valence-corrected chi connectivity index (χ2v) is 3.20. The Morgan fingerprint density at radius 1 is 1.39 bits per heavy atom. The van der Waals surface area contributed by atoms with Crippen molar-refractivity contribution in [2.24, 2.45) is 0 Å². The van der Waals surface area contributed by atoms with Crippen LogP contribution in [0.25, 0.3) is 0 Å². The Kier molecular flexibility index (Phi) is 3.65. The normalized spacial score (nSPS) is 13.2. The Balaban J connectivity index is 3.34. The molecule has 0 aliphatic carbocycles. The predicted molar refractivity (Wildman–Crippen MR) is 50.1 cm³/mol. The fourth-order valence-electron chi connectivity index (χ4n) is 1.21. The Bertz CT molecular complexity index is 474. The van der Waals surface area contributed by atoms with Crippen LogP contribution in [0.3, 0.4) is 0 Å². The van der Waals surface area contributed by atoms with Gasteiger partial charge in [-0.3, -0.25) is 0 Å². The number of aliphatic hydroxyl groups excluding tert-OH is 1. The van der Waals surface area contributed by atoms with E-state index in [1.54, 1.807) is 0 Å². The number of aliphatic hydroxyl groups is 1. The van der Waals surface area contributed by atoms with Crippen LogP contribution in [0.1, 0.15) is 11.7 Å². The van der Waals surface area contributed by atoms with Crippen molar-refractivity contribution < 1.29 is 37.3 Å². The highest BCUT2D eigenvalue weighted by Crippen LogP contribution is 2.34. The number of nitrogens with two attached hydrogens (primary N) is 1. The molecule has 0 spiro atoms. The average molecular weight is 269 g/mol. The molecule has 100 valence electrons. The molecule has 0 radical (unpaired) electrons. The molecule has 4 N–H and O–H groups in total. The van der Waals surface area contributed by atoms with E-state index in [9.17, 15) is 22.4 Å². The molecule has 0 aliphatic rings. The zero-order chi connectivity index (χ0) is 14.1. The maximum absolute atomic E-state index is 13.3. The minimum atomic E-state index is -5.17. The van der Waals surface area contributed by atoms with Crippen molar-refractivity contribution in [3.05, 3.63) is 23.5 Å². The van der Waals surface area contributed by atoms with Crippen LogP contribution < -0.4 is 10.5 Å². The molecule has 5 nitrogen and oxygen atoms in total. The largest absolute Gasteiger partial charge is 0.573 e. The van der Waals surface area contributed by atoms with Crippen molar-refractivity contribution in [3.8, 4) is 5.75 Å². The van der Waals surface area contributed by atoms with Gasteiger partial charge in [-0.05, 0) is 6.07 Å². The first kappa shape index (κ1) is 14.0. The predicted octanol–water partition coefficient (Wildman–Crippen LogP) is 1.42. The van der Waals surface area contributed by atoms with E-state index < -0.39 is 41.3 Å². The van der Waals surface area contributed by atoms with Crippen LogP contribution in [-0.4, -0.2) is 22.5 Å². The molecule has 1 unspecified atom stereocenters. The molecule has 9 heteroatoms. The molecule has 1 aromatic rings. The van der Waals surface area contributed by atoms with E-state index in [1.807, 2.05) is 0 Å². The van der Waals surface area contributed by atoms with Gasteiger partial charge in [0.2, 0.25) is 0 Å². The van der Waals surface area contributed by atoms with E-state index in [2.05, 4.69) is 4.74 Å². The quantitative estimate of drug-likeness (QED) is 0.570. The van der Waals surface area contributed by atoms with Crippen molar-refractivity contribution in [1.82, 2.24) is 0 Å². The number of anilines is 1. The number of carboxylic acid groups (broad SMARTS) is 1. The molecular formula is C9H7F4NO4. The van der Waals surface area contributed by atoms with Crippen LogP contribution in [-0.2, 0) is 4.79 Å². The summed E-state index contributed by atoms with van der Waals surface area (Å²) in [7, 11) is 0. The van der Waals surface area contributed by atoms with E-state index >= 15 is 0 Å². The van der Waals surface area contributed by atoms with Gasteiger partial charge in [-0.1, -0.05) is 0 Å². The van der Waals surface area contributed by atoms with Crippen molar-refractivity contribution in [1.29, 1.82) is 0 Å². The number of carboxylic acids is 1. The van der Waals surface area contributed by atoms with Crippen LogP contribution in [0.2, 0.25) is 0 Å². The lowest BCUT2D eigenvalue weighted by Gasteiger charge is -2.16. The van der Waals surface area contributed by atoms with Gasteiger partial charge < -0.3 is 20.7 Å². The highest BCUT2D eigenvalue weighted by atomic mass is 19.4. The summed E-state index contributed by atoms with van der Waals surface area (Å²) in [6.07, 6.45) is -7.67. The van der Waals surface area contributed by atoms with Gasteiger partial charge in [0.05, 0.1) is 5.56 Å². The van der Waals surface area contributed by atoms with E-state index in [4.69, 9.17) is 15.9 Å². The smallest absolute Gasteiger partial charge is 0.479 e. The fraction of sp³-hybridized carbons (Fsp3) is 0.222. The number of halogens is 4. The second kappa shape index (κ2) is 4.69. The number of hydrogen-bond acceptors (Lipinski definition) is 4. The molecule has 0 bridgehead atoms. The summed E-state index contributed by atoms with van der Waals surface area (Å²) in [4.78, 5) is 10.5. The molecule has 0 aromatic heterocycles. The number of hydrogen-bond donors (Lipinski definition) is 3. The number of nitrogen functional groups attached to an aromatic ring is 1.